The Hall–Kier alpha value is -1.06. The van der Waals surface area contributed by atoms with Gasteiger partial charge in [0.25, 0.3) is 0 Å². The summed E-state index contributed by atoms with van der Waals surface area (Å²) in [5, 5.41) is 0. The molecule has 102 valence electrons. The number of likely N-dealkylation sites (N-methyl/N-ethyl adjacent to an activating group) is 1. The zero-order valence-corrected chi connectivity index (χ0v) is 12.0. The van der Waals surface area contributed by atoms with Crippen molar-refractivity contribution in [1.29, 1.82) is 0 Å². The first kappa shape index (κ1) is 15.0. The molecule has 1 rings (SSSR count). The number of hydrogen-bond acceptors (Lipinski definition) is 3. The number of hydrogen-bond donors (Lipinski definition) is 1. The van der Waals surface area contributed by atoms with Gasteiger partial charge in [0.15, 0.2) is 0 Å². The summed E-state index contributed by atoms with van der Waals surface area (Å²) >= 11 is 0. The van der Waals surface area contributed by atoms with Crippen LogP contribution in [0.3, 0.4) is 0 Å². The molecule has 1 aromatic carbocycles. The first-order chi connectivity index (χ1) is 8.67. The summed E-state index contributed by atoms with van der Waals surface area (Å²) in [5.41, 5.74) is 7.22. The topological polar surface area (TPSA) is 38.5 Å². The van der Waals surface area contributed by atoms with E-state index in [0.717, 1.165) is 18.7 Å². The van der Waals surface area contributed by atoms with E-state index in [1.165, 1.54) is 5.56 Å². The van der Waals surface area contributed by atoms with Gasteiger partial charge in [-0.15, -0.1) is 0 Å². The summed E-state index contributed by atoms with van der Waals surface area (Å²) in [4.78, 5) is 2.45. The van der Waals surface area contributed by atoms with Crippen LogP contribution >= 0.6 is 0 Å². The van der Waals surface area contributed by atoms with Crippen LogP contribution in [0.4, 0.5) is 0 Å². The highest BCUT2D eigenvalue weighted by molar-refractivity contribution is 5.30. The van der Waals surface area contributed by atoms with Gasteiger partial charge in [-0.1, -0.05) is 26.0 Å². The van der Waals surface area contributed by atoms with Crippen molar-refractivity contribution in [3.63, 3.8) is 0 Å². The Morgan fingerprint density at radius 2 is 2.06 bits per heavy atom. The SMILES string of the molecule is CCC(C)N(CC)C(CN)c1cccc(OC)c1. The molecular formula is C15H26N2O. The molecule has 3 heteroatoms. The minimum absolute atomic E-state index is 0.264. The third-order valence-electron chi connectivity index (χ3n) is 3.62. The summed E-state index contributed by atoms with van der Waals surface area (Å²) in [7, 11) is 1.70. The normalized spacial score (nSPS) is 14.6. The van der Waals surface area contributed by atoms with Crippen LogP contribution < -0.4 is 10.5 Å². The number of nitrogens with two attached hydrogens (primary N) is 1. The third kappa shape index (κ3) is 3.47. The highest BCUT2D eigenvalue weighted by Gasteiger charge is 2.21. The zero-order chi connectivity index (χ0) is 13.5. The van der Waals surface area contributed by atoms with Crippen molar-refractivity contribution >= 4 is 0 Å². The predicted octanol–water partition coefficient (Wildman–Crippen LogP) is 2.82. The smallest absolute Gasteiger partial charge is 0.119 e. The summed E-state index contributed by atoms with van der Waals surface area (Å²) in [5.74, 6) is 0.895. The molecule has 3 nitrogen and oxygen atoms in total. The van der Waals surface area contributed by atoms with E-state index in [9.17, 15) is 0 Å². The van der Waals surface area contributed by atoms with Crippen molar-refractivity contribution in [3.8, 4) is 5.75 Å². The predicted molar refractivity (Wildman–Crippen MR) is 76.9 cm³/mol. The molecule has 0 heterocycles. The van der Waals surface area contributed by atoms with E-state index in [4.69, 9.17) is 10.5 Å². The van der Waals surface area contributed by atoms with Gasteiger partial charge in [0.2, 0.25) is 0 Å². The molecule has 0 aliphatic rings. The fraction of sp³-hybridized carbons (Fsp3) is 0.600. The summed E-state index contributed by atoms with van der Waals surface area (Å²) in [6, 6.07) is 9.01. The second kappa shape index (κ2) is 7.39. The van der Waals surface area contributed by atoms with Crippen LogP contribution in [0.1, 0.15) is 38.8 Å². The molecule has 0 radical (unpaired) electrons. The lowest BCUT2D eigenvalue weighted by Gasteiger charge is -2.35. The molecule has 0 amide bonds. The Balaban J connectivity index is 2.99. The first-order valence-electron chi connectivity index (χ1n) is 6.77. The van der Waals surface area contributed by atoms with Gasteiger partial charge in [-0.2, -0.15) is 0 Å². The maximum Gasteiger partial charge on any atom is 0.119 e. The minimum atomic E-state index is 0.264. The highest BCUT2D eigenvalue weighted by atomic mass is 16.5. The van der Waals surface area contributed by atoms with E-state index in [1.807, 2.05) is 12.1 Å². The highest BCUT2D eigenvalue weighted by Crippen LogP contribution is 2.25. The molecular weight excluding hydrogens is 224 g/mol. The molecule has 0 fully saturated rings. The van der Waals surface area contributed by atoms with Crippen molar-refractivity contribution in [1.82, 2.24) is 4.90 Å². The molecule has 0 saturated heterocycles. The molecule has 0 aliphatic carbocycles. The zero-order valence-electron chi connectivity index (χ0n) is 12.0. The van der Waals surface area contributed by atoms with Gasteiger partial charge in [0.05, 0.1) is 7.11 Å². The second-order valence-corrected chi connectivity index (χ2v) is 4.62. The van der Waals surface area contributed by atoms with E-state index in [1.54, 1.807) is 7.11 Å². The van der Waals surface area contributed by atoms with Crippen molar-refractivity contribution in [3.05, 3.63) is 29.8 Å². The van der Waals surface area contributed by atoms with Gasteiger partial charge in [-0.25, -0.2) is 0 Å². The van der Waals surface area contributed by atoms with Crippen molar-refractivity contribution in [2.45, 2.75) is 39.3 Å². The number of nitrogens with zero attached hydrogens (tertiary/aromatic N) is 1. The first-order valence-corrected chi connectivity index (χ1v) is 6.77. The van der Waals surface area contributed by atoms with E-state index in [-0.39, 0.29) is 6.04 Å². The van der Waals surface area contributed by atoms with Crippen LogP contribution in [0.25, 0.3) is 0 Å². The Morgan fingerprint density at radius 1 is 1.33 bits per heavy atom. The Labute approximate surface area is 111 Å². The van der Waals surface area contributed by atoms with Gasteiger partial charge < -0.3 is 10.5 Å². The Morgan fingerprint density at radius 3 is 2.56 bits per heavy atom. The second-order valence-electron chi connectivity index (χ2n) is 4.62. The minimum Gasteiger partial charge on any atom is -0.497 e. The van der Waals surface area contributed by atoms with Crippen LogP contribution in [0.5, 0.6) is 5.75 Å². The van der Waals surface area contributed by atoms with E-state index < -0.39 is 0 Å². The fourth-order valence-electron chi connectivity index (χ4n) is 2.39. The lowest BCUT2D eigenvalue weighted by molar-refractivity contribution is 0.152. The third-order valence-corrected chi connectivity index (χ3v) is 3.62. The van der Waals surface area contributed by atoms with Crippen molar-refractivity contribution in [2.24, 2.45) is 5.73 Å². The van der Waals surface area contributed by atoms with Crippen molar-refractivity contribution in [2.75, 3.05) is 20.2 Å². The van der Waals surface area contributed by atoms with E-state index in [2.05, 4.69) is 37.8 Å². The largest absolute Gasteiger partial charge is 0.497 e. The van der Waals surface area contributed by atoms with Gasteiger partial charge in [0.1, 0.15) is 5.75 Å². The standard InChI is InChI=1S/C15H26N2O/c1-5-12(3)17(6-2)15(11-16)13-8-7-9-14(10-13)18-4/h7-10,12,15H,5-6,11,16H2,1-4H3. The van der Waals surface area contributed by atoms with Gasteiger partial charge in [-0.05, 0) is 37.6 Å². The molecule has 2 unspecified atom stereocenters. The number of methoxy groups -OCH3 is 1. The van der Waals surface area contributed by atoms with Gasteiger partial charge in [-0.3, -0.25) is 4.90 Å². The van der Waals surface area contributed by atoms with Crippen LogP contribution in [-0.4, -0.2) is 31.1 Å². The van der Waals surface area contributed by atoms with E-state index >= 15 is 0 Å². The quantitative estimate of drug-likeness (QED) is 0.808. The summed E-state index contributed by atoms with van der Waals surface area (Å²) in [6.07, 6.45) is 1.13. The fourth-order valence-corrected chi connectivity index (χ4v) is 2.39. The Kier molecular flexibility index (Phi) is 6.16. The van der Waals surface area contributed by atoms with Crippen LogP contribution in [0.2, 0.25) is 0 Å². The average molecular weight is 250 g/mol. The molecule has 0 bridgehead atoms. The van der Waals surface area contributed by atoms with Crippen LogP contribution in [0, 0.1) is 0 Å². The number of benzene rings is 1. The molecule has 0 aliphatic heterocycles. The molecule has 2 N–H and O–H groups in total. The lowest BCUT2D eigenvalue weighted by Crippen LogP contribution is -2.39. The van der Waals surface area contributed by atoms with Gasteiger partial charge in [0, 0.05) is 18.6 Å². The molecule has 0 spiro atoms. The molecule has 18 heavy (non-hydrogen) atoms. The molecule has 1 aromatic rings. The Bertz CT molecular complexity index is 354. The monoisotopic (exact) mass is 250 g/mol. The van der Waals surface area contributed by atoms with Gasteiger partial charge >= 0.3 is 0 Å². The average Bonchev–Trinajstić information content (AvgIpc) is 2.43. The lowest BCUT2D eigenvalue weighted by atomic mass is 10.0. The molecule has 2 atom stereocenters. The maximum absolute atomic E-state index is 5.98. The summed E-state index contributed by atoms with van der Waals surface area (Å²) in [6.45, 7) is 8.30. The maximum atomic E-state index is 5.98. The van der Waals surface area contributed by atoms with Crippen LogP contribution in [-0.2, 0) is 0 Å². The van der Waals surface area contributed by atoms with Crippen molar-refractivity contribution < 1.29 is 4.74 Å². The number of rotatable bonds is 7. The summed E-state index contributed by atoms with van der Waals surface area (Å²) < 4.78 is 5.29. The molecule has 0 saturated carbocycles. The van der Waals surface area contributed by atoms with Crippen LogP contribution in [0.15, 0.2) is 24.3 Å². The van der Waals surface area contributed by atoms with E-state index in [0.29, 0.717) is 12.6 Å². The number of ether oxygens (including phenoxy) is 1. The molecule has 0 aromatic heterocycles.